The third-order valence-electron chi connectivity index (χ3n) is 2.56. The molecule has 2 N–H and O–H groups in total. The fourth-order valence-corrected chi connectivity index (χ4v) is 1.95. The Hall–Kier alpha value is -2.34. The van der Waals surface area contributed by atoms with Crippen LogP contribution in [0, 0.1) is 0 Å². The zero-order valence-corrected chi connectivity index (χ0v) is 11.7. The minimum absolute atomic E-state index is 0.125. The van der Waals surface area contributed by atoms with Crippen LogP contribution in [0.5, 0.6) is 0 Å². The maximum Gasteiger partial charge on any atom is 0.324 e. The molecule has 104 valence electrons. The second-order valence-electron chi connectivity index (χ2n) is 4.20. The Morgan fingerprint density at radius 3 is 2.55 bits per heavy atom. The molecule has 0 atom stereocenters. The highest BCUT2D eigenvalue weighted by Crippen LogP contribution is 2.21. The lowest BCUT2D eigenvalue weighted by molar-refractivity contribution is 0.101. The largest absolute Gasteiger partial charge is 0.324 e. The van der Waals surface area contributed by atoms with Crippen molar-refractivity contribution < 1.29 is 9.59 Å². The van der Waals surface area contributed by atoms with Crippen molar-refractivity contribution in [1.82, 2.24) is 9.78 Å². The molecule has 0 aliphatic rings. The first kappa shape index (κ1) is 14.1. The molecule has 20 heavy (non-hydrogen) atoms. The number of carbonyl (C=O) groups excluding carboxylic acids is 2. The van der Waals surface area contributed by atoms with Crippen molar-refractivity contribution in [3.05, 3.63) is 41.0 Å². The van der Waals surface area contributed by atoms with Crippen LogP contribution in [0.15, 0.2) is 30.5 Å². The van der Waals surface area contributed by atoms with Crippen molar-refractivity contribution in [2.24, 2.45) is 7.05 Å². The average Bonchev–Trinajstić information content (AvgIpc) is 2.74. The molecule has 0 fully saturated rings. The number of nitrogens with one attached hydrogen (secondary N) is 2. The molecule has 7 heteroatoms. The normalized spacial score (nSPS) is 10.2. The van der Waals surface area contributed by atoms with E-state index in [0.29, 0.717) is 22.1 Å². The van der Waals surface area contributed by atoms with E-state index in [9.17, 15) is 9.59 Å². The Balaban J connectivity index is 2.04. The zero-order chi connectivity index (χ0) is 14.7. The number of benzene rings is 1. The number of hydrogen-bond acceptors (Lipinski definition) is 3. The number of amides is 2. The molecule has 0 radical (unpaired) electrons. The van der Waals surface area contributed by atoms with Crippen molar-refractivity contribution in [3.63, 3.8) is 0 Å². The van der Waals surface area contributed by atoms with Crippen LogP contribution in [0.4, 0.5) is 16.3 Å². The first-order valence-electron chi connectivity index (χ1n) is 5.84. The quantitative estimate of drug-likeness (QED) is 0.854. The highest BCUT2D eigenvalue weighted by molar-refractivity contribution is 6.34. The molecule has 1 aromatic carbocycles. The molecule has 0 saturated heterocycles. The van der Waals surface area contributed by atoms with E-state index < -0.39 is 6.03 Å². The SMILES string of the molecule is CC(=O)c1ccc(NC(=O)Nc2ccn(C)n2)cc1Cl. The molecule has 2 rings (SSSR count). The third-order valence-corrected chi connectivity index (χ3v) is 2.87. The van der Waals surface area contributed by atoms with E-state index in [1.54, 1.807) is 36.1 Å². The number of Topliss-reactive ketones (excluding diaryl/α,β-unsaturated/α-hetero) is 1. The van der Waals surface area contributed by atoms with Crippen LogP contribution in [0.25, 0.3) is 0 Å². The molecular weight excluding hydrogens is 280 g/mol. The van der Waals surface area contributed by atoms with E-state index >= 15 is 0 Å². The first-order chi connectivity index (χ1) is 9.45. The molecule has 0 spiro atoms. The molecule has 0 saturated carbocycles. The number of nitrogens with zero attached hydrogens (tertiary/aromatic N) is 2. The van der Waals surface area contributed by atoms with E-state index in [2.05, 4.69) is 15.7 Å². The number of anilines is 2. The predicted molar refractivity (Wildman–Crippen MR) is 77.3 cm³/mol. The zero-order valence-electron chi connectivity index (χ0n) is 11.0. The number of carbonyl (C=O) groups is 2. The third kappa shape index (κ3) is 3.36. The van der Waals surface area contributed by atoms with Gasteiger partial charge in [0.25, 0.3) is 0 Å². The second-order valence-corrected chi connectivity index (χ2v) is 4.61. The van der Waals surface area contributed by atoms with Gasteiger partial charge < -0.3 is 5.32 Å². The van der Waals surface area contributed by atoms with Crippen molar-refractivity contribution in [2.75, 3.05) is 10.6 Å². The number of hydrogen-bond donors (Lipinski definition) is 2. The lowest BCUT2D eigenvalue weighted by atomic mass is 10.1. The maximum absolute atomic E-state index is 11.7. The highest BCUT2D eigenvalue weighted by atomic mass is 35.5. The number of aromatic nitrogens is 2. The van der Waals surface area contributed by atoms with Crippen LogP contribution in [-0.2, 0) is 7.05 Å². The van der Waals surface area contributed by atoms with Crippen molar-refractivity contribution in [3.8, 4) is 0 Å². The van der Waals surface area contributed by atoms with Crippen molar-refractivity contribution >= 4 is 34.9 Å². The van der Waals surface area contributed by atoms with Gasteiger partial charge >= 0.3 is 6.03 Å². The Labute approximate surface area is 120 Å². The maximum atomic E-state index is 11.7. The predicted octanol–water partition coefficient (Wildman–Crippen LogP) is 2.92. The van der Waals surface area contributed by atoms with Gasteiger partial charge in [-0.1, -0.05) is 11.6 Å². The number of urea groups is 1. The van der Waals surface area contributed by atoms with E-state index in [0.717, 1.165) is 0 Å². The molecule has 0 aliphatic heterocycles. The van der Waals surface area contributed by atoms with Gasteiger partial charge in [0, 0.05) is 30.6 Å². The summed E-state index contributed by atoms with van der Waals surface area (Å²) in [5, 5.41) is 9.51. The van der Waals surface area contributed by atoms with E-state index in [1.165, 1.54) is 13.0 Å². The van der Waals surface area contributed by atoms with Crippen molar-refractivity contribution in [1.29, 1.82) is 0 Å². The van der Waals surface area contributed by atoms with E-state index in [-0.39, 0.29) is 5.78 Å². The summed E-state index contributed by atoms with van der Waals surface area (Å²) in [6, 6.07) is 5.94. The number of aryl methyl sites for hydroxylation is 1. The number of halogens is 1. The van der Waals surface area contributed by atoms with Gasteiger partial charge in [-0.2, -0.15) is 5.10 Å². The van der Waals surface area contributed by atoms with Crippen LogP contribution < -0.4 is 10.6 Å². The summed E-state index contributed by atoms with van der Waals surface area (Å²) in [7, 11) is 1.75. The van der Waals surface area contributed by atoms with Gasteiger partial charge in [0.05, 0.1) is 5.02 Å². The smallest absolute Gasteiger partial charge is 0.308 e. The monoisotopic (exact) mass is 292 g/mol. The molecule has 1 heterocycles. The Morgan fingerprint density at radius 2 is 2.00 bits per heavy atom. The summed E-state index contributed by atoms with van der Waals surface area (Å²) < 4.78 is 1.58. The summed E-state index contributed by atoms with van der Waals surface area (Å²) in [4.78, 5) is 23.0. The van der Waals surface area contributed by atoms with Crippen molar-refractivity contribution in [2.45, 2.75) is 6.92 Å². The van der Waals surface area contributed by atoms with Crippen LogP contribution >= 0.6 is 11.6 Å². The molecule has 6 nitrogen and oxygen atoms in total. The standard InChI is InChI=1S/C13H13ClN4O2/c1-8(19)10-4-3-9(7-11(10)14)15-13(20)16-12-5-6-18(2)17-12/h3-7H,1-2H3,(H2,15,16,17,20). The minimum atomic E-state index is -0.435. The summed E-state index contributed by atoms with van der Waals surface area (Å²) in [5.74, 6) is 0.316. The Bertz CT molecular complexity index is 666. The van der Waals surface area contributed by atoms with Gasteiger partial charge in [-0.3, -0.25) is 14.8 Å². The fraction of sp³-hybridized carbons (Fsp3) is 0.154. The Kier molecular flexibility index (Phi) is 4.05. The van der Waals surface area contributed by atoms with Gasteiger partial charge in [0.2, 0.25) is 0 Å². The first-order valence-corrected chi connectivity index (χ1v) is 6.21. The summed E-state index contributed by atoms with van der Waals surface area (Å²) in [6.45, 7) is 1.43. The number of ketones is 1. The molecule has 1 aromatic heterocycles. The van der Waals surface area contributed by atoms with E-state index in [4.69, 9.17) is 11.6 Å². The summed E-state index contributed by atoms with van der Waals surface area (Å²) >= 11 is 5.96. The molecule has 0 aliphatic carbocycles. The second kappa shape index (κ2) is 5.75. The van der Waals surface area contributed by atoms with Crippen LogP contribution in [0.2, 0.25) is 5.02 Å². The molecular formula is C13H13ClN4O2. The summed E-state index contributed by atoms with van der Waals surface area (Å²) in [6.07, 6.45) is 1.72. The number of rotatable bonds is 3. The minimum Gasteiger partial charge on any atom is -0.308 e. The lowest BCUT2D eigenvalue weighted by Gasteiger charge is -2.07. The molecule has 0 bridgehead atoms. The molecule has 0 unspecified atom stereocenters. The van der Waals surface area contributed by atoms with Gasteiger partial charge in [-0.25, -0.2) is 4.79 Å². The fourth-order valence-electron chi connectivity index (χ4n) is 1.64. The van der Waals surface area contributed by atoms with Gasteiger partial charge in [-0.15, -0.1) is 0 Å². The molecule has 2 amide bonds. The van der Waals surface area contributed by atoms with Gasteiger partial charge in [0.1, 0.15) is 0 Å². The van der Waals surface area contributed by atoms with Crippen LogP contribution in [0.3, 0.4) is 0 Å². The van der Waals surface area contributed by atoms with E-state index in [1.807, 2.05) is 0 Å². The molecule has 2 aromatic rings. The topological polar surface area (TPSA) is 76.0 Å². The van der Waals surface area contributed by atoms with Gasteiger partial charge in [0.15, 0.2) is 11.6 Å². The Morgan fingerprint density at radius 1 is 1.25 bits per heavy atom. The van der Waals surface area contributed by atoms with Crippen LogP contribution in [0.1, 0.15) is 17.3 Å². The van der Waals surface area contributed by atoms with Crippen LogP contribution in [-0.4, -0.2) is 21.6 Å². The lowest BCUT2D eigenvalue weighted by Crippen LogP contribution is -2.19. The highest BCUT2D eigenvalue weighted by Gasteiger charge is 2.09. The average molecular weight is 293 g/mol. The van der Waals surface area contributed by atoms with Gasteiger partial charge in [-0.05, 0) is 25.1 Å². The summed E-state index contributed by atoms with van der Waals surface area (Å²) in [5.41, 5.74) is 0.913.